The molecule has 26 nitrogen and oxygen atoms in total. The molecule has 29 heteroatoms. The molecule has 0 unspecified atom stereocenters. The summed E-state index contributed by atoms with van der Waals surface area (Å²) in [6, 6.07) is 3.35. The van der Waals surface area contributed by atoms with Gasteiger partial charge in [0.2, 0.25) is 0 Å². The van der Waals surface area contributed by atoms with Crippen LogP contribution in [0.25, 0.3) is 5.52 Å². The highest BCUT2D eigenvalue weighted by Gasteiger charge is 2.48. The van der Waals surface area contributed by atoms with Crippen LogP contribution in [0.4, 0.5) is 5.82 Å². The maximum Gasteiger partial charge on any atom is 0.178 e. The molecule has 1 fully saturated rings. The molecule has 256 valence electrons. The third kappa shape index (κ3) is 20.7. The number of nitrogens with zero attached hydrogens (tertiary/aromatic N) is 3. The molecule has 0 spiro atoms. The number of aliphatic hydroxyl groups is 1. The van der Waals surface area contributed by atoms with Gasteiger partial charge in [-0.15, -0.1) is 6.42 Å². The Labute approximate surface area is 239 Å². The number of fused-ring (bicyclic) bond motifs is 1. The molecule has 0 bridgehead atoms. The van der Waals surface area contributed by atoms with Crippen molar-refractivity contribution in [1.82, 2.24) is 63.8 Å². The Morgan fingerprint density at radius 1 is 0.976 bits per heavy atom. The standard InChI is InChI=1S/C13H15N4O6P.8H3N.2H3O4P/c1-2-13(6-22-24(19,20)21)11(18)5-10(23-13)8-3-4-9-12(14)15-7-16-17(8)9;;;;;;;;;2*1-5(2,3)4/h1,3-4,7,10-11,18H,5-6H2,(H2,14,15,16)(H2,19,20,21);8*1H3;2*(H3,1,2,3,4)/t10-,11+,13-;;;;;;;;;;/m1........../s1. The number of nitrogens with two attached hydrogens (primary N) is 1. The van der Waals surface area contributed by atoms with Gasteiger partial charge in [-0.05, 0) is 12.1 Å². The molecular weight excluding hydrogens is 641 g/mol. The third-order valence-corrected chi connectivity index (χ3v) is 4.30. The van der Waals surface area contributed by atoms with Crippen molar-refractivity contribution in [3.63, 3.8) is 0 Å². The zero-order valence-electron chi connectivity index (χ0n) is 24.4. The van der Waals surface area contributed by atoms with Crippen LogP contribution in [-0.2, 0) is 23.0 Å². The van der Waals surface area contributed by atoms with Crippen molar-refractivity contribution in [1.29, 1.82) is 0 Å². The van der Waals surface area contributed by atoms with Crippen LogP contribution in [0.15, 0.2) is 18.5 Å². The number of terminal acetylenes is 1. The molecule has 0 saturated carbocycles. The normalized spacial score (nSPS) is 18.5. The van der Waals surface area contributed by atoms with E-state index in [2.05, 4.69) is 20.5 Å². The first-order valence-electron chi connectivity index (χ1n) is 8.30. The van der Waals surface area contributed by atoms with Crippen LogP contribution in [-0.4, -0.2) is 38.0 Å². The number of nitrogen functional groups attached to an aromatic ring is 1. The Morgan fingerprint density at radius 3 is 1.79 bits per heavy atom. The van der Waals surface area contributed by atoms with Crippen molar-refractivity contribution >= 4 is 34.8 Å². The van der Waals surface area contributed by atoms with Gasteiger partial charge < -0.3 is 122 Å². The van der Waals surface area contributed by atoms with Gasteiger partial charge >= 0.3 is 0 Å². The topological polar surface area (TPSA) is 623 Å². The summed E-state index contributed by atoms with van der Waals surface area (Å²) in [5.74, 6) is 2.45. The predicted octanol–water partition coefficient (Wildman–Crippen LogP) is -4.29. The molecule has 0 radical (unpaired) electrons. The van der Waals surface area contributed by atoms with E-state index in [0.29, 0.717) is 11.2 Å². The fourth-order valence-electron chi connectivity index (χ4n) is 2.65. The first-order chi connectivity index (χ1) is 15.3. The lowest BCUT2D eigenvalue weighted by Gasteiger charge is -2.36. The maximum atomic E-state index is 10.7. The minimum Gasteiger partial charge on any atom is -0.822 e. The molecule has 1 saturated heterocycles. The zero-order valence-corrected chi connectivity index (χ0v) is 27.1. The number of hydrogen-bond acceptors (Lipinski definition) is 17. The van der Waals surface area contributed by atoms with E-state index in [1.807, 2.05) is 0 Å². The van der Waals surface area contributed by atoms with E-state index in [-0.39, 0.29) is 61.4 Å². The lowest BCUT2D eigenvalue weighted by Crippen LogP contribution is -2.43. The summed E-state index contributed by atoms with van der Waals surface area (Å²) in [7, 11) is -16.0. The average molecular weight is 686 g/mol. The summed E-state index contributed by atoms with van der Waals surface area (Å²) >= 11 is 0. The zero-order chi connectivity index (χ0) is 26.5. The van der Waals surface area contributed by atoms with Crippen molar-refractivity contribution in [2.45, 2.75) is 24.2 Å². The number of phosphoric ester groups is 1. The quantitative estimate of drug-likeness (QED) is 0.107. The number of phosphoric acid groups is 3. The second kappa shape index (κ2) is 22.4. The Bertz CT molecular complexity index is 1150. The van der Waals surface area contributed by atoms with Crippen LogP contribution in [0, 0.1) is 12.3 Å². The Balaban J connectivity index is -0.0000000941. The molecule has 0 aromatic carbocycles. The van der Waals surface area contributed by atoms with Gasteiger partial charge in [0, 0.05) is 6.42 Å². The average Bonchev–Trinajstić information content (AvgIpc) is 3.19. The SMILES string of the molecule is C#C[C@]1(COP(=O)([O-])[O-])O[C@@H](c2ccc3c(N)ncnn23)C[C@@H]1O.O=P([O-])([O-])[O-].O=P([O-])([O-])[O-].[NH4+].[NH4+].[NH4+].[NH4+].[NH4+].[NH4+].[NH4+].[NH4+]. The van der Waals surface area contributed by atoms with Gasteiger partial charge in [-0.3, -0.25) is 0 Å². The molecular formula is C13H45N12O14P3. The van der Waals surface area contributed by atoms with E-state index in [9.17, 15) is 19.5 Å². The molecule has 1 aliphatic heterocycles. The van der Waals surface area contributed by atoms with Crippen molar-refractivity contribution in [3.05, 3.63) is 24.2 Å². The van der Waals surface area contributed by atoms with E-state index in [4.69, 9.17) is 55.4 Å². The van der Waals surface area contributed by atoms with Crippen molar-refractivity contribution in [2.75, 3.05) is 12.3 Å². The van der Waals surface area contributed by atoms with Crippen molar-refractivity contribution in [2.24, 2.45) is 0 Å². The molecule has 3 heterocycles. The maximum absolute atomic E-state index is 10.7. The highest BCUT2D eigenvalue weighted by atomic mass is 31.2. The second-order valence-corrected chi connectivity index (χ2v) is 9.15. The minimum absolute atomic E-state index is 0. The van der Waals surface area contributed by atoms with Crippen LogP contribution in [0.1, 0.15) is 18.2 Å². The Kier molecular flexibility index (Phi) is 31.7. The molecule has 0 aliphatic carbocycles. The summed E-state index contributed by atoms with van der Waals surface area (Å²) in [6.45, 7) is -0.772. The lowest BCUT2D eigenvalue weighted by molar-refractivity contribution is -0.434. The monoisotopic (exact) mass is 686 g/mol. The Hall–Kier alpha value is -2.09. The molecule has 0 amide bonds. The highest BCUT2D eigenvalue weighted by Crippen LogP contribution is 2.42. The van der Waals surface area contributed by atoms with E-state index < -0.39 is 47.9 Å². The van der Waals surface area contributed by atoms with Gasteiger partial charge in [-0.2, -0.15) is 20.7 Å². The van der Waals surface area contributed by atoms with E-state index >= 15 is 0 Å². The fourth-order valence-corrected chi connectivity index (χ4v) is 3.00. The van der Waals surface area contributed by atoms with Gasteiger partial charge in [0.25, 0.3) is 0 Å². The molecule has 2 aromatic heterocycles. The largest absolute Gasteiger partial charge is 0.822 e. The minimum atomic E-state index is -5.39. The van der Waals surface area contributed by atoms with Crippen LogP contribution >= 0.6 is 23.5 Å². The van der Waals surface area contributed by atoms with Crippen LogP contribution < -0.4 is 94.1 Å². The van der Waals surface area contributed by atoms with Gasteiger partial charge in [0.15, 0.2) is 11.4 Å². The van der Waals surface area contributed by atoms with E-state index in [1.165, 1.54) is 10.8 Å². The molecule has 1 aliphatic rings. The highest BCUT2D eigenvalue weighted by molar-refractivity contribution is 7.43. The third-order valence-electron chi connectivity index (χ3n) is 3.85. The molecule has 42 heavy (non-hydrogen) atoms. The van der Waals surface area contributed by atoms with E-state index in [0.717, 1.165) is 0 Å². The molecule has 35 N–H and O–H groups in total. The molecule has 2 aromatic rings. The summed E-state index contributed by atoms with van der Waals surface area (Å²) in [6.07, 6.45) is 4.77. The van der Waals surface area contributed by atoms with E-state index in [1.54, 1.807) is 12.1 Å². The molecule has 3 atom stereocenters. The number of rotatable bonds is 4. The summed E-state index contributed by atoms with van der Waals surface area (Å²) in [5.41, 5.74) is 5.09. The number of quaternary nitrogens is 8. The molecule has 3 rings (SSSR count). The number of aliphatic hydroxyl groups excluding tert-OH is 1. The predicted molar refractivity (Wildman–Crippen MR) is 140 cm³/mol. The van der Waals surface area contributed by atoms with Crippen LogP contribution in [0.5, 0.6) is 0 Å². The van der Waals surface area contributed by atoms with Gasteiger partial charge in [-0.1, -0.05) is 5.92 Å². The summed E-state index contributed by atoms with van der Waals surface area (Å²) in [4.78, 5) is 76.5. The van der Waals surface area contributed by atoms with Crippen molar-refractivity contribution < 1.29 is 67.2 Å². The van der Waals surface area contributed by atoms with Gasteiger partial charge in [0.1, 0.15) is 17.9 Å². The number of ether oxygens (including phenoxy) is 1. The number of hydrogen-bond donors (Lipinski definition) is 10. The van der Waals surface area contributed by atoms with Crippen molar-refractivity contribution in [3.8, 4) is 12.3 Å². The smallest absolute Gasteiger partial charge is 0.178 e. The van der Waals surface area contributed by atoms with Gasteiger partial charge in [0.05, 0.1) is 26.2 Å². The van der Waals surface area contributed by atoms with Gasteiger partial charge in [-0.25, -0.2) is 9.50 Å². The lowest BCUT2D eigenvalue weighted by atomic mass is 9.98. The van der Waals surface area contributed by atoms with Crippen LogP contribution in [0.3, 0.4) is 0 Å². The fraction of sp³-hybridized carbons (Fsp3) is 0.385. The first-order valence-corrected chi connectivity index (χ1v) is 12.7. The van der Waals surface area contributed by atoms with Crippen LogP contribution in [0.2, 0.25) is 0 Å². The number of aromatic nitrogens is 3. The second-order valence-electron chi connectivity index (χ2n) is 6.21. The summed E-state index contributed by atoms with van der Waals surface area (Å²) in [5, 5.41) is 14.3. The first kappa shape index (κ1) is 59.3. The summed E-state index contributed by atoms with van der Waals surface area (Å²) < 4.78 is 39.1. The Morgan fingerprint density at radius 2 is 1.40 bits per heavy atom. The number of anilines is 1.